The molecule has 2 atom stereocenters. The van der Waals surface area contributed by atoms with Crippen LogP contribution in [0.1, 0.15) is 20.3 Å². The van der Waals surface area contributed by atoms with Gasteiger partial charge in [-0.3, -0.25) is 0 Å². The van der Waals surface area contributed by atoms with Crippen molar-refractivity contribution in [2.75, 3.05) is 6.61 Å². The fourth-order valence-electron chi connectivity index (χ4n) is 1.03. The fourth-order valence-corrected chi connectivity index (χ4v) is 1.03. The van der Waals surface area contributed by atoms with Crippen molar-refractivity contribution in [3.63, 3.8) is 0 Å². The molecule has 0 N–H and O–H groups in total. The lowest BCUT2D eigenvalue weighted by atomic mass is 10.1. The number of ether oxygens (including phenoxy) is 1. The molecule has 1 saturated heterocycles. The molecule has 0 radical (unpaired) electrons. The Morgan fingerprint density at radius 3 is 2.29 bits per heavy atom. The lowest BCUT2D eigenvalue weighted by Crippen LogP contribution is -1.94. The van der Waals surface area contributed by atoms with E-state index in [1.165, 1.54) is 6.42 Å². The minimum atomic E-state index is 0.523. The number of hydrogen-bond donors (Lipinski definition) is 0. The van der Waals surface area contributed by atoms with E-state index in [9.17, 15) is 0 Å². The molecule has 1 aliphatic rings. The Labute approximate surface area is 44.7 Å². The van der Waals surface area contributed by atoms with Gasteiger partial charge in [0.2, 0.25) is 0 Å². The third-order valence-electron chi connectivity index (χ3n) is 1.40. The van der Waals surface area contributed by atoms with Crippen LogP contribution in [0.5, 0.6) is 0 Å². The van der Waals surface area contributed by atoms with Crippen LogP contribution in [-0.2, 0) is 4.74 Å². The maximum absolute atomic E-state index is 5.27. The van der Waals surface area contributed by atoms with Crippen LogP contribution in [0.15, 0.2) is 0 Å². The van der Waals surface area contributed by atoms with E-state index in [-0.39, 0.29) is 0 Å². The first-order valence-corrected chi connectivity index (χ1v) is 2.90. The first kappa shape index (κ1) is 5.10. The average Bonchev–Trinajstić information content (AvgIpc) is 1.87. The van der Waals surface area contributed by atoms with Gasteiger partial charge in [-0.05, 0) is 19.3 Å². The molecule has 1 heteroatoms. The molecule has 1 heterocycles. The molecule has 0 bridgehead atoms. The van der Waals surface area contributed by atoms with Gasteiger partial charge in [0.1, 0.15) is 0 Å². The summed E-state index contributed by atoms with van der Waals surface area (Å²) >= 11 is 0. The summed E-state index contributed by atoms with van der Waals surface area (Å²) < 4.78 is 5.27. The molecule has 7 heavy (non-hydrogen) atoms. The Bertz CT molecular complexity index is 53.2. The number of rotatable bonds is 0. The Balaban J connectivity index is 2.26. The minimum absolute atomic E-state index is 0.523. The van der Waals surface area contributed by atoms with Gasteiger partial charge in [0.05, 0.1) is 6.10 Å². The normalized spacial score (nSPS) is 42.0. The lowest BCUT2D eigenvalue weighted by Gasteiger charge is -1.94. The van der Waals surface area contributed by atoms with Crippen LogP contribution in [0, 0.1) is 5.92 Å². The fraction of sp³-hybridized carbons (Fsp3) is 1.00. The van der Waals surface area contributed by atoms with E-state index in [4.69, 9.17) is 4.74 Å². The van der Waals surface area contributed by atoms with Crippen molar-refractivity contribution in [2.45, 2.75) is 26.4 Å². The molecular weight excluding hydrogens is 88.1 g/mol. The Kier molecular flexibility index (Phi) is 1.33. The summed E-state index contributed by atoms with van der Waals surface area (Å²) in [5.41, 5.74) is 0. The zero-order valence-corrected chi connectivity index (χ0v) is 4.98. The van der Waals surface area contributed by atoms with Crippen molar-refractivity contribution in [3.05, 3.63) is 0 Å². The zero-order valence-electron chi connectivity index (χ0n) is 4.98. The first-order chi connectivity index (χ1) is 3.29. The second kappa shape index (κ2) is 1.83. The molecule has 1 aliphatic heterocycles. The van der Waals surface area contributed by atoms with Gasteiger partial charge >= 0.3 is 0 Å². The highest BCUT2D eigenvalue weighted by atomic mass is 16.5. The monoisotopic (exact) mass is 100 g/mol. The summed E-state index contributed by atoms with van der Waals surface area (Å²) in [7, 11) is 0. The smallest absolute Gasteiger partial charge is 0.0550 e. The van der Waals surface area contributed by atoms with Crippen LogP contribution in [0.3, 0.4) is 0 Å². The van der Waals surface area contributed by atoms with Crippen molar-refractivity contribution in [1.29, 1.82) is 0 Å². The number of hydrogen-bond acceptors (Lipinski definition) is 1. The lowest BCUT2D eigenvalue weighted by molar-refractivity contribution is 0.121. The van der Waals surface area contributed by atoms with Crippen molar-refractivity contribution in [1.82, 2.24) is 0 Å². The standard InChI is InChI=1S/C6H12O/c1-5-3-6(2)7-4-5/h5-6H,3-4H2,1-2H3/t5?,6-/m0/s1. The van der Waals surface area contributed by atoms with E-state index >= 15 is 0 Å². The van der Waals surface area contributed by atoms with E-state index in [1.807, 2.05) is 0 Å². The Morgan fingerprint density at radius 2 is 2.14 bits per heavy atom. The summed E-state index contributed by atoms with van der Waals surface area (Å²) in [6.45, 7) is 5.33. The van der Waals surface area contributed by atoms with Crippen LogP contribution < -0.4 is 0 Å². The molecule has 42 valence electrons. The van der Waals surface area contributed by atoms with Crippen molar-refractivity contribution < 1.29 is 4.74 Å². The van der Waals surface area contributed by atoms with Crippen LogP contribution in [0.4, 0.5) is 0 Å². The van der Waals surface area contributed by atoms with Gasteiger partial charge in [-0.1, -0.05) is 6.92 Å². The third kappa shape index (κ3) is 1.16. The molecule has 0 saturated carbocycles. The molecule has 0 aromatic carbocycles. The second-order valence-corrected chi connectivity index (χ2v) is 2.48. The summed E-state index contributed by atoms with van der Waals surface area (Å²) in [5, 5.41) is 0. The van der Waals surface area contributed by atoms with E-state index in [0.29, 0.717) is 6.10 Å². The van der Waals surface area contributed by atoms with Gasteiger partial charge in [-0.15, -0.1) is 0 Å². The molecule has 1 unspecified atom stereocenters. The largest absolute Gasteiger partial charge is 0.378 e. The molecule has 0 aliphatic carbocycles. The van der Waals surface area contributed by atoms with Crippen LogP contribution in [-0.4, -0.2) is 12.7 Å². The summed E-state index contributed by atoms with van der Waals surface area (Å²) in [4.78, 5) is 0. The highest BCUT2D eigenvalue weighted by molar-refractivity contribution is 4.64. The third-order valence-corrected chi connectivity index (χ3v) is 1.40. The van der Waals surface area contributed by atoms with Crippen molar-refractivity contribution in [3.8, 4) is 0 Å². The minimum Gasteiger partial charge on any atom is -0.378 e. The Morgan fingerprint density at radius 1 is 1.43 bits per heavy atom. The summed E-state index contributed by atoms with van der Waals surface area (Å²) in [5.74, 6) is 0.801. The molecule has 0 aromatic rings. The topological polar surface area (TPSA) is 9.23 Å². The van der Waals surface area contributed by atoms with Gasteiger partial charge in [0, 0.05) is 6.61 Å². The highest BCUT2D eigenvalue weighted by Crippen LogP contribution is 2.16. The van der Waals surface area contributed by atoms with Gasteiger partial charge in [0.15, 0.2) is 0 Å². The molecule has 0 aromatic heterocycles. The average molecular weight is 100 g/mol. The molecule has 0 spiro atoms. The molecule has 1 nitrogen and oxygen atoms in total. The van der Waals surface area contributed by atoms with Gasteiger partial charge < -0.3 is 4.74 Å². The van der Waals surface area contributed by atoms with Crippen molar-refractivity contribution >= 4 is 0 Å². The molecule has 1 fully saturated rings. The van der Waals surface area contributed by atoms with E-state index < -0.39 is 0 Å². The van der Waals surface area contributed by atoms with Gasteiger partial charge in [-0.2, -0.15) is 0 Å². The van der Waals surface area contributed by atoms with Crippen molar-refractivity contribution in [2.24, 2.45) is 5.92 Å². The molecular formula is C6H12O. The Hall–Kier alpha value is -0.0400. The molecule has 1 rings (SSSR count). The van der Waals surface area contributed by atoms with Crippen LogP contribution in [0.25, 0.3) is 0 Å². The SMILES string of the molecule is CC1CO[C@@H](C)C1. The maximum atomic E-state index is 5.27. The van der Waals surface area contributed by atoms with E-state index in [1.54, 1.807) is 0 Å². The first-order valence-electron chi connectivity index (χ1n) is 2.90. The van der Waals surface area contributed by atoms with E-state index in [2.05, 4.69) is 13.8 Å². The second-order valence-electron chi connectivity index (χ2n) is 2.48. The molecule has 0 amide bonds. The zero-order chi connectivity index (χ0) is 5.28. The maximum Gasteiger partial charge on any atom is 0.0550 e. The van der Waals surface area contributed by atoms with Crippen LogP contribution in [0.2, 0.25) is 0 Å². The predicted octanol–water partition coefficient (Wildman–Crippen LogP) is 1.43. The predicted molar refractivity (Wildman–Crippen MR) is 29.2 cm³/mol. The van der Waals surface area contributed by atoms with E-state index in [0.717, 1.165) is 12.5 Å². The van der Waals surface area contributed by atoms with Crippen LogP contribution >= 0.6 is 0 Å². The summed E-state index contributed by atoms with van der Waals surface area (Å²) in [6, 6.07) is 0. The quantitative estimate of drug-likeness (QED) is 0.447. The summed E-state index contributed by atoms with van der Waals surface area (Å²) in [6.07, 6.45) is 1.77. The van der Waals surface area contributed by atoms with Gasteiger partial charge in [-0.25, -0.2) is 0 Å². The van der Waals surface area contributed by atoms with Gasteiger partial charge in [0.25, 0.3) is 0 Å². The highest BCUT2D eigenvalue weighted by Gasteiger charge is 2.16.